The number of methoxy groups -OCH3 is 1. The Morgan fingerprint density at radius 2 is 1.72 bits per heavy atom. The highest BCUT2D eigenvalue weighted by Crippen LogP contribution is 2.20. The lowest BCUT2D eigenvalue weighted by atomic mass is 10.2. The summed E-state index contributed by atoms with van der Waals surface area (Å²) in [7, 11) is 3.29. The summed E-state index contributed by atoms with van der Waals surface area (Å²) in [5, 5.41) is 2.67. The molecule has 0 saturated heterocycles. The topological polar surface area (TPSA) is 67.9 Å². The molecule has 25 heavy (non-hydrogen) atoms. The zero-order valence-corrected chi connectivity index (χ0v) is 14.4. The Balaban J connectivity index is 1.89. The van der Waals surface area contributed by atoms with Gasteiger partial charge in [-0.3, -0.25) is 9.59 Å². The zero-order valence-electron chi connectivity index (χ0n) is 14.4. The fraction of sp³-hybridized carbons (Fsp3) is 0.263. The lowest BCUT2D eigenvalue weighted by Crippen LogP contribution is -2.31. The monoisotopic (exact) mass is 342 g/mol. The third-order valence-corrected chi connectivity index (χ3v) is 3.55. The van der Waals surface area contributed by atoms with Gasteiger partial charge in [0.25, 0.3) is 11.8 Å². The molecule has 0 unspecified atom stereocenters. The van der Waals surface area contributed by atoms with Crippen molar-refractivity contribution in [2.24, 2.45) is 0 Å². The molecule has 2 aromatic rings. The van der Waals surface area contributed by atoms with E-state index in [-0.39, 0.29) is 18.4 Å². The van der Waals surface area contributed by atoms with Gasteiger partial charge in [0.05, 0.1) is 6.61 Å². The van der Waals surface area contributed by atoms with Gasteiger partial charge in [0, 0.05) is 32.0 Å². The Hall–Kier alpha value is -2.86. The van der Waals surface area contributed by atoms with E-state index in [0.717, 1.165) is 5.69 Å². The zero-order chi connectivity index (χ0) is 18.1. The molecule has 2 amide bonds. The maximum Gasteiger partial charge on any atom is 0.258 e. The average molecular weight is 342 g/mol. The molecule has 2 rings (SSSR count). The van der Waals surface area contributed by atoms with Crippen molar-refractivity contribution in [1.82, 2.24) is 5.32 Å². The van der Waals surface area contributed by atoms with Crippen LogP contribution in [0, 0.1) is 0 Å². The van der Waals surface area contributed by atoms with Crippen LogP contribution in [0.4, 0.5) is 5.69 Å². The Morgan fingerprint density at radius 3 is 2.36 bits per heavy atom. The second kappa shape index (κ2) is 9.44. The maximum absolute atomic E-state index is 12.4. The van der Waals surface area contributed by atoms with Gasteiger partial charge >= 0.3 is 0 Å². The van der Waals surface area contributed by atoms with Gasteiger partial charge in [-0.05, 0) is 36.4 Å². The van der Waals surface area contributed by atoms with Crippen molar-refractivity contribution >= 4 is 17.5 Å². The highest BCUT2D eigenvalue weighted by molar-refractivity contribution is 6.05. The number of amides is 2. The summed E-state index contributed by atoms with van der Waals surface area (Å²) in [6.45, 7) is 0.841. The first-order valence-corrected chi connectivity index (χ1v) is 7.93. The number of hydrogen-bond acceptors (Lipinski definition) is 4. The van der Waals surface area contributed by atoms with Gasteiger partial charge in [-0.15, -0.1) is 0 Å². The maximum atomic E-state index is 12.4. The molecule has 0 atom stereocenters. The second-order valence-electron chi connectivity index (χ2n) is 5.36. The van der Waals surface area contributed by atoms with Crippen molar-refractivity contribution in [3.05, 3.63) is 60.2 Å². The molecule has 0 spiro atoms. The van der Waals surface area contributed by atoms with Crippen molar-refractivity contribution < 1.29 is 19.1 Å². The Bertz CT molecular complexity index is 686. The molecule has 0 fully saturated rings. The minimum atomic E-state index is -0.211. The van der Waals surface area contributed by atoms with Crippen molar-refractivity contribution in [2.75, 3.05) is 38.8 Å². The second-order valence-corrected chi connectivity index (χ2v) is 5.36. The number of ether oxygens (including phenoxy) is 2. The predicted octanol–water partition coefficient (Wildman–Crippen LogP) is 2.10. The summed E-state index contributed by atoms with van der Waals surface area (Å²) in [6, 6.07) is 16.1. The number of hydrogen-bond donors (Lipinski definition) is 1. The molecular weight excluding hydrogens is 320 g/mol. The fourth-order valence-corrected chi connectivity index (χ4v) is 2.15. The molecule has 0 bridgehead atoms. The normalized spacial score (nSPS) is 10.2. The van der Waals surface area contributed by atoms with Crippen LogP contribution in [-0.2, 0) is 9.53 Å². The first kappa shape index (κ1) is 18.5. The Morgan fingerprint density at radius 1 is 1.04 bits per heavy atom. The van der Waals surface area contributed by atoms with Crippen LogP contribution in [0.3, 0.4) is 0 Å². The number of benzene rings is 2. The highest BCUT2D eigenvalue weighted by atomic mass is 16.5. The SMILES string of the molecule is COCCNC(=O)COc1ccc(N(C)C(=O)c2ccccc2)cc1. The molecule has 0 aliphatic carbocycles. The van der Waals surface area contributed by atoms with Crippen LogP contribution >= 0.6 is 0 Å². The summed E-state index contributed by atoms with van der Waals surface area (Å²) in [4.78, 5) is 25.5. The highest BCUT2D eigenvalue weighted by Gasteiger charge is 2.13. The molecule has 1 N–H and O–H groups in total. The molecule has 0 aliphatic heterocycles. The largest absolute Gasteiger partial charge is 0.484 e. The number of rotatable bonds is 8. The van der Waals surface area contributed by atoms with Crippen molar-refractivity contribution in [3.8, 4) is 5.75 Å². The van der Waals surface area contributed by atoms with Crippen LogP contribution in [0.25, 0.3) is 0 Å². The van der Waals surface area contributed by atoms with Gasteiger partial charge in [0.15, 0.2) is 6.61 Å². The van der Waals surface area contributed by atoms with Crippen molar-refractivity contribution in [1.29, 1.82) is 0 Å². The van der Waals surface area contributed by atoms with E-state index in [4.69, 9.17) is 9.47 Å². The third-order valence-electron chi connectivity index (χ3n) is 3.55. The van der Waals surface area contributed by atoms with E-state index < -0.39 is 0 Å². The van der Waals surface area contributed by atoms with Crippen molar-refractivity contribution in [2.45, 2.75) is 0 Å². The number of carbonyl (C=O) groups excluding carboxylic acids is 2. The Labute approximate surface area is 147 Å². The molecule has 0 radical (unpaired) electrons. The first-order chi connectivity index (χ1) is 12.1. The lowest BCUT2D eigenvalue weighted by Gasteiger charge is -2.18. The summed E-state index contributed by atoms with van der Waals surface area (Å²) < 4.78 is 10.3. The summed E-state index contributed by atoms with van der Waals surface area (Å²) in [5.41, 5.74) is 1.36. The van der Waals surface area contributed by atoms with Gasteiger partial charge < -0.3 is 19.7 Å². The fourth-order valence-electron chi connectivity index (χ4n) is 2.15. The smallest absolute Gasteiger partial charge is 0.258 e. The molecule has 0 aromatic heterocycles. The standard InChI is InChI=1S/C19H22N2O4/c1-21(19(23)15-6-4-3-5-7-15)16-8-10-17(11-9-16)25-14-18(22)20-12-13-24-2/h3-11H,12-14H2,1-2H3,(H,20,22). The first-order valence-electron chi connectivity index (χ1n) is 7.93. The average Bonchev–Trinajstić information content (AvgIpc) is 2.66. The number of nitrogens with zero attached hydrogens (tertiary/aromatic N) is 1. The summed E-state index contributed by atoms with van der Waals surface area (Å²) >= 11 is 0. The third kappa shape index (κ3) is 5.61. The van der Waals surface area contributed by atoms with E-state index in [1.807, 2.05) is 18.2 Å². The van der Waals surface area contributed by atoms with E-state index in [1.165, 1.54) is 0 Å². The van der Waals surface area contributed by atoms with Crippen LogP contribution in [0.15, 0.2) is 54.6 Å². The quantitative estimate of drug-likeness (QED) is 0.746. The van der Waals surface area contributed by atoms with E-state index in [1.54, 1.807) is 55.5 Å². The van der Waals surface area contributed by atoms with E-state index >= 15 is 0 Å². The molecule has 2 aromatic carbocycles. The van der Waals surface area contributed by atoms with Gasteiger partial charge in [-0.2, -0.15) is 0 Å². The minimum Gasteiger partial charge on any atom is -0.484 e. The van der Waals surface area contributed by atoms with Crippen LogP contribution in [0.1, 0.15) is 10.4 Å². The van der Waals surface area contributed by atoms with E-state index in [0.29, 0.717) is 24.5 Å². The van der Waals surface area contributed by atoms with Gasteiger partial charge in [-0.1, -0.05) is 18.2 Å². The van der Waals surface area contributed by atoms with Crippen LogP contribution in [0.5, 0.6) is 5.75 Å². The summed E-state index contributed by atoms with van der Waals surface area (Å²) in [6.07, 6.45) is 0. The molecule has 0 saturated carbocycles. The Kier molecular flexibility index (Phi) is 6.98. The summed E-state index contributed by atoms with van der Waals surface area (Å²) in [5.74, 6) is 0.260. The van der Waals surface area contributed by atoms with E-state index in [2.05, 4.69) is 5.32 Å². The molecular formula is C19H22N2O4. The molecule has 0 aliphatic rings. The lowest BCUT2D eigenvalue weighted by molar-refractivity contribution is -0.123. The minimum absolute atomic E-state index is 0.0676. The van der Waals surface area contributed by atoms with Crippen LogP contribution in [0.2, 0.25) is 0 Å². The van der Waals surface area contributed by atoms with Gasteiger partial charge in [0.1, 0.15) is 5.75 Å². The van der Waals surface area contributed by atoms with Crippen LogP contribution < -0.4 is 15.0 Å². The van der Waals surface area contributed by atoms with E-state index in [9.17, 15) is 9.59 Å². The number of nitrogens with one attached hydrogen (secondary N) is 1. The molecule has 6 heteroatoms. The van der Waals surface area contributed by atoms with Gasteiger partial charge in [0.2, 0.25) is 0 Å². The molecule has 6 nitrogen and oxygen atoms in total. The number of anilines is 1. The van der Waals surface area contributed by atoms with Crippen molar-refractivity contribution in [3.63, 3.8) is 0 Å². The number of carbonyl (C=O) groups is 2. The van der Waals surface area contributed by atoms with Gasteiger partial charge in [-0.25, -0.2) is 0 Å². The molecule has 132 valence electrons. The predicted molar refractivity (Wildman–Crippen MR) is 96.0 cm³/mol. The molecule has 0 heterocycles. The van der Waals surface area contributed by atoms with Crippen LogP contribution in [-0.4, -0.2) is 45.7 Å².